The Morgan fingerprint density at radius 2 is 2.00 bits per heavy atom. The number of rotatable bonds is 4. The number of furan rings is 1. The number of nitrogens with one attached hydrogen (secondary N) is 2. The highest BCUT2D eigenvalue weighted by Gasteiger charge is 2.16. The highest BCUT2D eigenvalue weighted by Crippen LogP contribution is 2.15. The molecule has 2 rings (SSSR count). The summed E-state index contributed by atoms with van der Waals surface area (Å²) in [7, 11) is 0. The topological polar surface area (TPSA) is 97.6 Å². The van der Waals surface area contributed by atoms with E-state index in [0.717, 1.165) is 12.1 Å². The SMILES string of the molecule is O=C(COC(=O)c1cc(Cl)ccc1F)NNC(=O)c1ccco1. The first-order valence-corrected chi connectivity index (χ1v) is 6.60. The molecule has 1 aromatic carbocycles. The molecule has 0 aliphatic rings. The quantitative estimate of drug-likeness (QED) is 0.652. The monoisotopic (exact) mass is 340 g/mol. The molecule has 1 aromatic heterocycles. The summed E-state index contributed by atoms with van der Waals surface area (Å²) in [4.78, 5) is 34.6. The van der Waals surface area contributed by atoms with Gasteiger partial charge in [-0.3, -0.25) is 20.4 Å². The van der Waals surface area contributed by atoms with Crippen LogP contribution >= 0.6 is 11.6 Å². The van der Waals surface area contributed by atoms with Gasteiger partial charge < -0.3 is 9.15 Å². The Balaban J connectivity index is 1.81. The molecule has 0 bridgehead atoms. The first kappa shape index (κ1) is 16.5. The number of carbonyl (C=O) groups excluding carboxylic acids is 3. The molecule has 2 N–H and O–H groups in total. The predicted octanol–water partition coefficient (Wildman–Crippen LogP) is 1.69. The van der Waals surface area contributed by atoms with E-state index in [-0.39, 0.29) is 10.8 Å². The van der Waals surface area contributed by atoms with Crippen LogP contribution in [0.5, 0.6) is 0 Å². The normalized spacial score (nSPS) is 10.0. The van der Waals surface area contributed by atoms with Gasteiger partial charge in [-0.25, -0.2) is 9.18 Å². The van der Waals surface area contributed by atoms with Crippen LogP contribution < -0.4 is 10.9 Å². The minimum absolute atomic E-state index is 0.0108. The Kier molecular flexibility index (Phi) is 5.32. The maximum absolute atomic E-state index is 13.4. The molecule has 1 heterocycles. The van der Waals surface area contributed by atoms with Gasteiger partial charge in [0.15, 0.2) is 12.4 Å². The molecule has 120 valence electrons. The molecular weight excluding hydrogens is 331 g/mol. The molecule has 9 heteroatoms. The van der Waals surface area contributed by atoms with Crippen LogP contribution in [-0.4, -0.2) is 24.4 Å². The summed E-state index contributed by atoms with van der Waals surface area (Å²) < 4.78 is 22.9. The third-order valence-corrected chi connectivity index (χ3v) is 2.78. The first-order chi connectivity index (χ1) is 11.0. The highest BCUT2D eigenvalue weighted by atomic mass is 35.5. The summed E-state index contributed by atoms with van der Waals surface area (Å²) in [6.07, 6.45) is 1.29. The molecule has 7 nitrogen and oxygen atoms in total. The Labute approximate surface area is 134 Å². The van der Waals surface area contributed by atoms with Gasteiger partial charge in [-0.1, -0.05) is 11.6 Å². The zero-order valence-electron chi connectivity index (χ0n) is 11.5. The fourth-order valence-corrected chi connectivity index (χ4v) is 1.67. The lowest BCUT2D eigenvalue weighted by Gasteiger charge is -2.07. The lowest BCUT2D eigenvalue weighted by molar-refractivity contribution is -0.125. The van der Waals surface area contributed by atoms with Crippen LogP contribution in [0.15, 0.2) is 41.0 Å². The number of ether oxygens (including phenoxy) is 1. The zero-order chi connectivity index (χ0) is 16.8. The minimum Gasteiger partial charge on any atom is -0.459 e. The van der Waals surface area contributed by atoms with Gasteiger partial charge in [0.05, 0.1) is 11.8 Å². The number of halogens is 2. The second kappa shape index (κ2) is 7.41. The molecule has 0 unspecified atom stereocenters. The molecule has 0 radical (unpaired) electrons. The van der Waals surface area contributed by atoms with Crippen molar-refractivity contribution in [2.45, 2.75) is 0 Å². The number of hydrogen-bond acceptors (Lipinski definition) is 5. The van der Waals surface area contributed by atoms with Crippen molar-refractivity contribution in [3.05, 3.63) is 58.8 Å². The van der Waals surface area contributed by atoms with E-state index in [4.69, 9.17) is 16.0 Å². The van der Waals surface area contributed by atoms with E-state index < -0.39 is 35.8 Å². The zero-order valence-corrected chi connectivity index (χ0v) is 12.2. The molecule has 2 aromatic rings. The van der Waals surface area contributed by atoms with Gasteiger partial charge in [-0.15, -0.1) is 0 Å². The second-order valence-electron chi connectivity index (χ2n) is 4.18. The largest absolute Gasteiger partial charge is 0.459 e. The summed E-state index contributed by atoms with van der Waals surface area (Å²) in [6.45, 7) is -0.719. The van der Waals surface area contributed by atoms with Crippen LogP contribution in [0.1, 0.15) is 20.9 Å². The van der Waals surface area contributed by atoms with Crippen LogP contribution in [0.4, 0.5) is 4.39 Å². The van der Waals surface area contributed by atoms with E-state index in [1.54, 1.807) is 0 Å². The molecule has 0 fully saturated rings. The summed E-state index contributed by atoms with van der Waals surface area (Å²) in [5.74, 6) is -3.40. The van der Waals surface area contributed by atoms with Crippen molar-refractivity contribution in [3.8, 4) is 0 Å². The average Bonchev–Trinajstić information content (AvgIpc) is 3.07. The molecule has 0 aliphatic heterocycles. The Bertz CT molecular complexity index is 733. The van der Waals surface area contributed by atoms with Crippen molar-refractivity contribution < 1.29 is 27.9 Å². The number of carbonyl (C=O) groups is 3. The van der Waals surface area contributed by atoms with Crippen molar-refractivity contribution in [3.63, 3.8) is 0 Å². The average molecular weight is 341 g/mol. The minimum atomic E-state index is -1.06. The van der Waals surface area contributed by atoms with E-state index in [2.05, 4.69) is 10.2 Å². The van der Waals surface area contributed by atoms with E-state index in [9.17, 15) is 18.8 Å². The van der Waals surface area contributed by atoms with Crippen molar-refractivity contribution >= 4 is 29.4 Å². The maximum Gasteiger partial charge on any atom is 0.341 e. The molecule has 23 heavy (non-hydrogen) atoms. The van der Waals surface area contributed by atoms with Crippen molar-refractivity contribution in [1.82, 2.24) is 10.9 Å². The van der Waals surface area contributed by atoms with Gasteiger partial charge in [0.1, 0.15) is 5.82 Å². The summed E-state index contributed by atoms with van der Waals surface area (Å²) in [5, 5.41) is 0.147. The summed E-state index contributed by atoms with van der Waals surface area (Å²) in [5.41, 5.74) is 3.66. The van der Waals surface area contributed by atoms with E-state index >= 15 is 0 Å². The fourth-order valence-electron chi connectivity index (χ4n) is 1.49. The van der Waals surface area contributed by atoms with E-state index in [0.29, 0.717) is 0 Å². The fraction of sp³-hybridized carbons (Fsp3) is 0.0714. The van der Waals surface area contributed by atoms with Crippen molar-refractivity contribution in [2.75, 3.05) is 6.61 Å². The van der Waals surface area contributed by atoms with Gasteiger partial charge in [0.2, 0.25) is 0 Å². The molecule has 0 saturated carbocycles. The number of esters is 1. The predicted molar refractivity (Wildman–Crippen MR) is 76.0 cm³/mol. The van der Waals surface area contributed by atoms with E-state index in [1.165, 1.54) is 24.5 Å². The molecular formula is C14H10ClFN2O5. The van der Waals surface area contributed by atoms with Crippen LogP contribution in [0.25, 0.3) is 0 Å². The molecule has 0 saturated heterocycles. The molecule has 0 atom stereocenters. The van der Waals surface area contributed by atoms with Crippen LogP contribution in [0.3, 0.4) is 0 Å². The van der Waals surface area contributed by atoms with Crippen molar-refractivity contribution in [2.24, 2.45) is 0 Å². The number of hydrogen-bond donors (Lipinski definition) is 2. The van der Waals surface area contributed by atoms with Gasteiger partial charge in [-0.2, -0.15) is 0 Å². The number of benzene rings is 1. The second-order valence-corrected chi connectivity index (χ2v) is 4.62. The third kappa shape index (κ3) is 4.55. The van der Waals surface area contributed by atoms with E-state index in [1.807, 2.05) is 5.43 Å². The highest BCUT2D eigenvalue weighted by molar-refractivity contribution is 6.30. The smallest absolute Gasteiger partial charge is 0.341 e. The maximum atomic E-state index is 13.4. The Morgan fingerprint density at radius 3 is 2.70 bits per heavy atom. The van der Waals surface area contributed by atoms with Crippen molar-refractivity contribution in [1.29, 1.82) is 0 Å². The first-order valence-electron chi connectivity index (χ1n) is 6.22. The molecule has 0 aliphatic carbocycles. The number of hydrazine groups is 1. The van der Waals surface area contributed by atoms with Gasteiger partial charge in [0, 0.05) is 5.02 Å². The lowest BCUT2D eigenvalue weighted by atomic mass is 10.2. The molecule has 2 amide bonds. The van der Waals surface area contributed by atoms with Crippen LogP contribution in [-0.2, 0) is 9.53 Å². The van der Waals surface area contributed by atoms with Gasteiger partial charge in [0.25, 0.3) is 5.91 Å². The number of amides is 2. The van der Waals surface area contributed by atoms with Gasteiger partial charge in [-0.05, 0) is 30.3 Å². The lowest BCUT2D eigenvalue weighted by Crippen LogP contribution is -2.43. The molecule has 0 spiro atoms. The Hall–Kier alpha value is -2.87. The standard InChI is InChI=1S/C14H10ClFN2O5/c15-8-3-4-10(16)9(6-8)14(21)23-7-12(19)17-18-13(20)11-2-1-5-22-11/h1-6H,7H2,(H,17,19)(H,18,20). The summed E-state index contributed by atoms with van der Waals surface area (Å²) in [6, 6.07) is 6.24. The Morgan fingerprint density at radius 1 is 1.22 bits per heavy atom. The third-order valence-electron chi connectivity index (χ3n) is 2.54. The summed E-state index contributed by atoms with van der Waals surface area (Å²) >= 11 is 5.65. The van der Waals surface area contributed by atoms with Crippen LogP contribution in [0, 0.1) is 5.82 Å². The van der Waals surface area contributed by atoms with Crippen LogP contribution in [0.2, 0.25) is 5.02 Å². The van der Waals surface area contributed by atoms with Gasteiger partial charge >= 0.3 is 11.9 Å².